The van der Waals surface area contributed by atoms with E-state index in [1.807, 2.05) is 4.72 Å². The average Bonchev–Trinajstić information content (AvgIpc) is 2.19. The zero-order chi connectivity index (χ0) is 12.2. The molecule has 0 bridgehead atoms. The fourth-order valence-electron chi connectivity index (χ4n) is 1.05. The molecule has 0 saturated heterocycles. The monoisotopic (exact) mass is 251 g/mol. The molecule has 1 rings (SSSR count). The van der Waals surface area contributed by atoms with E-state index in [4.69, 9.17) is 5.11 Å². The van der Waals surface area contributed by atoms with Gasteiger partial charge < -0.3 is 5.11 Å². The van der Waals surface area contributed by atoms with Crippen LogP contribution in [0.1, 0.15) is 6.42 Å². The van der Waals surface area contributed by atoms with E-state index in [0.29, 0.717) is 6.07 Å². The SMILES string of the molecule is O=S(=O)(CCCO)Nc1ccc(F)cc1F. The lowest BCUT2D eigenvalue weighted by Crippen LogP contribution is -2.18. The van der Waals surface area contributed by atoms with Crippen molar-refractivity contribution in [2.45, 2.75) is 6.42 Å². The maximum atomic E-state index is 13.1. The van der Waals surface area contributed by atoms with Gasteiger partial charge in [-0.1, -0.05) is 0 Å². The molecule has 1 aromatic rings. The lowest BCUT2D eigenvalue weighted by molar-refractivity contribution is 0.295. The molecule has 0 aliphatic rings. The van der Waals surface area contributed by atoms with E-state index in [1.165, 1.54) is 0 Å². The van der Waals surface area contributed by atoms with Gasteiger partial charge in [-0.15, -0.1) is 0 Å². The molecule has 7 heteroatoms. The van der Waals surface area contributed by atoms with E-state index in [2.05, 4.69) is 0 Å². The van der Waals surface area contributed by atoms with Crippen LogP contribution in [0.25, 0.3) is 0 Å². The largest absolute Gasteiger partial charge is 0.396 e. The van der Waals surface area contributed by atoms with Crippen molar-refractivity contribution >= 4 is 15.7 Å². The molecular formula is C9H11F2NO3S. The molecule has 1 aromatic carbocycles. The summed E-state index contributed by atoms with van der Waals surface area (Å²) >= 11 is 0. The van der Waals surface area contributed by atoms with Gasteiger partial charge in [0.25, 0.3) is 0 Å². The molecule has 0 atom stereocenters. The molecule has 0 amide bonds. The van der Waals surface area contributed by atoms with Crippen molar-refractivity contribution in [1.29, 1.82) is 0 Å². The molecular weight excluding hydrogens is 240 g/mol. The maximum Gasteiger partial charge on any atom is 0.232 e. The molecule has 90 valence electrons. The van der Waals surface area contributed by atoms with Crippen LogP contribution in [0, 0.1) is 11.6 Å². The Morgan fingerprint density at radius 1 is 1.31 bits per heavy atom. The summed E-state index contributed by atoms with van der Waals surface area (Å²) in [6.45, 7) is -0.271. The van der Waals surface area contributed by atoms with E-state index in [0.717, 1.165) is 12.1 Å². The van der Waals surface area contributed by atoms with Crippen LogP contribution in [0.4, 0.5) is 14.5 Å². The molecule has 0 unspecified atom stereocenters. The Hall–Kier alpha value is -1.21. The zero-order valence-corrected chi connectivity index (χ0v) is 9.10. The summed E-state index contributed by atoms with van der Waals surface area (Å²) in [5.74, 6) is -2.08. The Labute approximate surface area is 92.0 Å². The maximum absolute atomic E-state index is 13.1. The predicted octanol–water partition coefficient (Wildman–Crippen LogP) is 1.09. The first-order chi connectivity index (χ1) is 7.44. The zero-order valence-electron chi connectivity index (χ0n) is 8.28. The quantitative estimate of drug-likeness (QED) is 0.823. The van der Waals surface area contributed by atoms with Crippen LogP contribution in [0.5, 0.6) is 0 Å². The topological polar surface area (TPSA) is 66.4 Å². The van der Waals surface area contributed by atoms with Gasteiger partial charge in [0, 0.05) is 12.7 Å². The summed E-state index contributed by atoms with van der Waals surface area (Å²) in [5.41, 5.74) is -0.306. The van der Waals surface area contributed by atoms with E-state index < -0.39 is 21.7 Å². The minimum atomic E-state index is -3.70. The molecule has 0 aliphatic heterocycles. The fraction of sp³-hybridized carbons (Fsp3) is 0.333. The first-order valence-electron chi connectivity index (χ1n) is 4.51. The van der Waals surface area contributed by atoms with Crippen LogP contribution >= 0.6 is 0 Å². The van der Waals surface area contributed by atoms with Gasteiger partial charge in [-0.3, -0.25) is 4.72 Å². The van der Waals surface area contributed by atoms with Crippen molar-refractivity contribution in [3.05, 3.63) is 29.8 Å². The average molecular weight is 251 g/mol. The Kier molecular flexibility index (Phi) is 4.19. The molecule has 16 heavy (non-hydrogen) atoms. The number of hydrogen-bond acceptors (Lipinski definition) is 3. The third-order valence-corrected chi connectivity index (χ3v) is 3.12. The highest BCUT2D eigenvalue weighted by Crippen LogP contribution is 2.16. The molecule has 0 radical (unpaired) electrons. The van der Waals surface area contributed by atoms with E-state index in [9.17, 15) is 17.2 Å². The van der Waals surface area contributed by atoms with Crippen LogP contribution in [-0.4, -0.2) is 25.9 Å². The summed E-state index contributed by atoms with van der Waals surface area (Å²) in [4.78, 5) is 0. The standard InChI is InChI=1S/C9H11F2NO3S/c10-7-2-3-9(8(11)6-7)12-16(14,15)5-1-4-13/h2-3,6,12-13H,1,4-5H2. The van der Waals surface area contributed by atoms with Crippen LogP contribution in [0.2, 0.25) is 0 Å². The van der Waals surface area contributed by atoms with Crippen LogP contribution in [-0.2, 0) is 10.0 Å². The van der Waals surface area contributed by atoms with Gasteiger partial charge in [-0.05, 0) is 18.6 Å². The summed E-state index contributed by atoms with van der Waals surface area (Å²) < 4.78 is 50.2. The Balaban J connectivity index is 2.80. The lowest BCUT2D eigenvalue weighted by Gasteiger charge is -2.07. The number of hydrogen-bond donors (Lipinski definition) is 2. The third-order valence-electron chi connectivity index (χ3n) is 1.77. The van der Waals surface area contributed by atoms with E-state index in [1.54, 1.807) is 0 Å². The highest BCUT2D eigenvalue weighted by atomic mass is 32.2. The van der Waals surface area contributed by atoms with E-state index >= 15 is 0 Å². The lowest BCUT2D eigenvalue weighted by atomic mass is 10.3. The second-order valence-corrected chi connectivity index (χ2v) is 4.96. The Morgan fingerprint density at radius 3 is 2.56 bits per heavy atom. The normalized spacial score (nSPS) is 11.4. The van der Waals surface area contributed by atoms with Crippen molar-refractivity contribution in [2.75, 3.05) is 17.1 Å². The van der Waals surface area contributed by atoms with E-state index in [-0.39, 0.29) is 24.5 Å². The minimum absolute atomic E-state index is 0.0537. The molecule has 4 nitrogen and oxygen atoms in total. The van der Waals surface area contributed by atoms with Crippen molar-refractivity contribution < 1.29 is 22.3 Å². The van der Waals surface area contributed by atoms with Gasteiger partial charge in [0.15, 0.2) is 0 Å². The highest BCUT2D eigenvalue weighted by molar-refractivity contribution is 7.92. The van der Waals surface area contributed by atoms with Crippen molar-refractivity contribution in [1.82, 2.24) is 0 Å². The molecule has 0 spiro atoms. The minimum Gasteiger partial charge on any atom is -0.396 e. The highest BCUT2D eigenvalue weighted by Gasteiger charge is 2.12. The number of sulfonamides is 1. The second-order valence-electron chi connectivity index (χ2n) is 3.12. The smallest absolute Gasteiger partial charge is 0.232 e. The van der Waals surface area contributed by atoms with Crippen LogP contribution in [0.3, 0.4) is 0 Å². The predicted molar refractivity (Wildman–Crippen MR) is 55.5 cm³/mol. The van der Waals surface area contributed by atoms with Gasteiger partial charge in [0.1, 0.15) is 11.6 Å². The van der Waals surface area contributed by atoms with Gasteiger partial charge in [-0.25, -0.2) is 17.2 Å². The molecule has 0 saturated carbocycles. The first-order valence-corrected chi connectivity index (χ1v) is 6.16. The van der Waals surface area contributed by atoms with Gasteiger partial charge in [-0.2, -0.15) is 0 Å². The molecule has 0 heterocycles. The summed E-state index contributed by atoms with van der Waals surface area (Å²) in [7, 11) is -3.70. The summed E-state index contributed by atoms with van der Waals surface area (Å²) in [5, 5.41) is 8.47. The first kappa shape index (κ1) is 12.9. The van der Waals surface area contributed by atoms with Gasteiger partial charge in [0.2, 0.25) is 10.0 Å². The second kappa shape index (κ2) is 5.22. The Morgan fingerprint density at radius 2 is 2.00 bits per heavy atom. The molecule has 0 aromatic heterocycles. The van der Waals surface area contributed by atoms with Crippen molar-refractivity contribution in [3.8, 4) is 0 Å². The van der Waals surface area contributed by atoms with Gasteiger partial charge >= 0.3 is 0 Å². The molecule has 2 N–H and O–H groups in total. The summed E-state index contributed by atoms with van der Waals surface area (Å²) in [6, 6.07) is 2.54. The number of aliphatic hydroxyl groups excluding tert-OH is 1. The van der Waals surface area contributed by atoms with Crippen LogP contribution in [0.15, 0.2) is 18.2 Å². The fourth-order valence-corrected chi connectivity index (χ4v) is 2.16. The van der Waals surface area contributed by atoms with Gasteiger partial charge in [0.05, 0.1) is 11.4 Å². The van der Waals surface area contributed by atoms with Crippen LogP contribution < -0.4 is 4.72 Å². The number of rotatable bonds is 5. The summed E-state index contributed by atoms with van der Waals surface area (Å²) in [6.07, 6.45) is 0.0537. The third kappa shape index (κ3) is 3.74. The molecule has 0 fully saturated rings. The Bertz CT molecular complexity index is 462. The number of benzene rings is 1. The number of anilines is 1. The van der Waals surface area contributed by atoms with Crippen molar-refractivity contribution in [3.63, 3.8) is 0 Å². The number of halogens is 2. The molecule has 0 aliphatic carbocycles. The number of aliphatic hydroxyl groups is 1. The van der Waals surface area contributed by atoms with Crippen molar-refractivity contribution in [2.24, 2.45) is 0 Å². The number of nitrogens with one attached hydrogen (secondary N) is 1.